The first-order valence-electron chi connectivity index (χ1n) is 9.31. The van der Waals surface area contributed by atoms with E-state index in [0.29, 0.717) is 35.6 Å². The predicted octanol–water partition coefficient (Wildman–Crippen LogP) is 3.27. The highest BCUT2D eigenvalue weighted by Gasteiger charge is 2.43. The summed E-state index contributed by atoms with van der Waals surface area (Å²) in [4.78, 5) is 12.6. The number of benzene rings is 1. The third-order valence-corrected chi connectivity index (χ3v) is 6.06. The van der Waals surface area contributed by atoms with E-state index in [1.807, 2.05) is 0 Å². The van der Waals surface area contributed by atoms with Gasteiger partial charge in [-0.25, -0.2) is 4.79 Å². The van der Waals surface area contributed by atoms with Crippen LogP contribution in [0, 0.1) is 5.92 Å². The van der Waals surface area contributed by atoms with E-state index in [0.717, 1.165) is 10.9 Å². The number of hydrogen-bond acceptors (Lipinski definition) is 4. The van der Waals surface area contributed by atoms with Crippen LogP contribution >= 0.6 is 0 Å². The quantitative estimate of drug-likeness (QED) is 0.605. The van der Waals surface area contributed by atoms with Gasteiger partial charge in [0.15, 0.2) is 0 Å². The summed E-state index contributed by atoms with van der Waals surface area (Å²) in [5.41, 5.74) is 0.458. The second kappa shape index (κ2) is 7.65. The third kappa shape index (κ3) is 3.76. The van der Waals surface area contributed by atoms with Crippen LogP contribution in [0.25, 0.3) is 0 Å². The highest BCUT2D eigenvalue weighted by Crippen LogP contribution is 2.36. The lowest BCUT2D eigenvalue weighted by Gasteiger charge is -2.51. The molecule has 2 heterocycles. The first-order chi connectivity index (χ1) is 12.1. The molecule has 25 heavy (non-hydrogen) atoms. The summed E-state index contributed by atoms with van der Waals surface area (Å²) in [5.74, 6) is 1.31. The molecule has 2 saturated heterocycles. The van der Waals surface area contributed by atoms with Crippen molar-refractivity contribution in [3.63, 3.8) is 0 Å². The lowest BCUT2D eigenvalue weighted by atomic mass is 9.82. The zero-order valence-electron chi connectivity index (χ0n) is 15.6. The van der Waals surface area contributed by atoms with E-state index >= 15 is 0 Å². The van der Waals surface area contributed by atoms with Gasteiger partial charge < -0.3 is 18.7 Å². The van der Waals surface area contributed by atoms with E-state index in [1.54, 1.807) is 32.4 Å². The second-order valence-electron chi connectivity index (χ2n) is 7.56. The minimum atomic E-state index is -0.310. The molecule has 2 fully saturated rings. The molecule has 5 heteroatoms. The molecule has 1 aromatic carbocycles. The Morgan fingerprint density at radius 3 is 2.68 bits per heavy atom. The number of rotatable bonds is 5. The molecule has 0 amide bonds. The van der Waals surface area contributed by atoms with Crippen LogP contribution in [0.1, 0.15) is 42.5 Å². The summed E-state index contributed by atoms with van der Waals surface area (Å²) >= 11 is 0. The predicted molar refractivity (Wildman–Crippen MR) is 96.1 cm³/mol. The second-order valence-corrected chi connectivity index (χ2v) is 7.56. The molecule has 1 aromatic rings. The monoisotopic (exact) mass is 348 g/mol. The summed E-state index contributed by atoms with van der Waals surface area (Å²) in [6, 6.07) is 5.82. The summed E-state index contributed by atoms with van der Waals surface area (Å²) in [5, 5.41) is 0. The van der Waals surface area contributed by atoms with Crippen LogP contribution in [0.5, 0.6) is 11.5 Å². The smallest absolute Gasteiger partial charge is 0.341 e. The third-order valence-electron chi connectivity index (χ3n) is 6.06. The molecule has 0 radical (unpaired) electrons. The van der Waals surface area contributed by atoms with Crippen LogP contribution in [0.4, 0.5) is 0 Å². The van der Waals surface area contributed by atoms with Crippen LogP contribution in [0.2, 0.25) is 0 Å². The Morgan fingerprint density at radius 2 is 1.92 bits per heavy atom. The number of nitrogens with zero attached hydrogens (tertiary/aromatic N) is 1. The molecule has 5 nitrogen and oxygen atoms in total. The first-order valence-corrected chi connectivity index (χ1v) is 9.31. The zero-order chi connectivity index (χ0) is 17.9. The zero-order valence-corrected chi connectivity index (χ0v) is 15.6. The summed E-state index contributed by atoms with van der Waals surface area (Å²) in [7, 11) is 5.53. The first kappa shape index (κ1) is 18.1. The Labute approximate surface area is 150 Å². The lowest BCUT2D eigenvalue weighted by Crippen LogP contribution is -2.61. The van der Waals surface area contributed by atoms with E-state index in [-0.39, 0.29) is 5.97 Å². The average Bonchev–Trinajstić information content (AvgIpc) is 2.64. The van der Waals surface area contributed by atoms with Gasteiger partial charge >= 0.3 is 5.97 Å². The molecule has 0 aromatic heterocycles. The van der Waals surface area contributed by atoms with Crippen molar-refractivity contribution in [1.82, 2.24) is 0 Å². The van der Waals surface area contributed by atoms with Gasteiger partial charge in [-0.05, 0) is 37.8 Å². The van der Waals surface area contributed by atoms with Crippen molar-refractivity contribution >= 4 is 5.97 Å². The number of esters is 1. The highest BCUT2D eigenvalue weighted by molar-refractivity contribution is 5.92. The Kier molecular flexibility index (Phi) is 5.52. The van der Waals surface area contributed by atoms with Crippen molar-refractivity contribution in [2.45, 2.75) is 38.1 Å². The van der Waals surface area contributed by atoms with E-state index in [4.69, 9.17) is 14.2 Å². The number of carbonyl (C=O) groups is 1. The van der Waals surface area contributed by atoms with Crippen LogP contribution in [0.15, 0.2) is 18.2 Å². The minimum absolute atomic E-state index is 0.310. The van der Waals surface area contributed by atoms with Gasteiger partial charge in [-0.2, -0.15) is 0 Å². The topological polar surface area (TPSA) is 44.8 Å². The van der Waals surface area contributed by atoms with Gasteiger partial charge in [0.1, 0.15) is 23.7 Å². The van der Waals surface area contributed by atoms with Crippen molar-refractivity contribution < 1.29 is 23.5 Å². The molecule has 0 saturated carbocycles. The Balaban J connectivity index is 1.66. The van der Waals surface area contributed by atoms with Gasteiger partial charge in [-0.15, -0.1) is 0 Å². The summed E-state index contributed by atoms with van der Waals surface area (Å²) in [6.07, 6.45) is 6.26. The van der Waals surface area contributed by atoms with E-state index in [1.165, 1.54) is 38.8 Å². The van der Waals surface area contributed by atoms with Gasteiger partial charge in [0, 0.05) is 18.4 Å². The number of quaternary nitrogens is 1. The molecule has 3 atom stereocenters. The molecule has 0 spiro atoms. The van der Waals surface area contributed by atoms with Crippen molar-refractivity contribution in [3.8, 4) is 11.5 Å². The maximum atomic E-state index is 12.6. The van der Waals surface area contributed by atoms with Crippen LogP contribution in [-0.2, 0) is 4.74 Å². The van der Waals surface area contributed by atoms with E-state index < -0.39 is 0 Å². The molecule has 3 rings (SSSR count). The normalized spacial score (nSPS) is 28.8. The molecular weight excluding hydrogens is 318 g/mol. The fraction of sp³-hybridized carbons (Fsp3) is 0.650. The standard InChI is InChI=1S/C20H30NO4/c1-21-11-5-4-8-18(21)15(7-6-12-21)14-25-20(22)17-10-9-16(23-2)13-19(17)24-3/h9-10,13,15,18H,4-8,11-12,14H2,1-3H3/q+1/t15-,18-,21-/m0/s1. The number of piperidine rings is 2. The van der Waals surface area contributed by atoms with Crippen molar-refractivity contribution in [2.24, 2.45) is 5.92 Å². The molecule has 2 aliphatic rings. The molecule has 2 aliphatic heterocycles. The Morgan fingerprint density at radius 1 is 1.12 bits per heavy atom. The highest BCUT2D eigenvalue weighted by atomic mass is 16.5. The molecule has 0 bridgehead atoms. The minimum Gasteiger partial charge on any atom is -0.497 e. The number of methoxy groups -OCH3 is 2. The largest absolute Gasteiger partial charge is 0.497 e. The van der Waals surface area contributed by atoms with Crippen molar-refractivity contribution in [1.29, 1.82) is 0 Å². The fourth-order valence-corrected chi connectivity index (χ4v) is 4.66. The summed E-state index contributed by atoms with van der Waals surface area (Å²) < 4.78 is 17.4. The van der Waals surface area contributed by atoms with Gasteiger partial charge in [-0.3, -0.25) is 0 Å². The number of fused-ring (bicyclic) bond motifs is 1. The molecule has 138 valence electrons. The van der Waals surface area contributed by atoms with Crippen LogP contribution in [0.3, 0.4) is 0 Å². The number of carbonyl (C=O) groups excluding carboxylic acids is 1. The van der Waals surface area contributed by atoms with Gasteiger partial charge in [0.05, 0.1) is 40.4 Å². The summed E-state index contributed by atoms with van der Waals surface area (Å²) in [6.45, 7) is 3.04. The van der Waals surface area contributed by atoms with Gasteiger partial charge in [0.2, 0.25) is 0 Å². The SMILES string of the molecule is COc1ccc(C(=O)OC[C@@H]2CCC[N@+]3(C)CCCC[C@@H]23)c(OC)c1. The van der Waals surface area contributed by atoms with Crippen molar-refractivity contribution in [2.75, 3.05) is 41.0 Å². The lowest BCUT2D eigenvalue weighted by molar-refractivity contribution is -0.947. The molecular formula is C20H30NO4+. The fourth-order valence-electron chi connectivity index (χ4n) is 4.66. The molecule has 0 unspecified atom stereocenters. The van der Waals surface area contributed by atoms with Gasteiger partial charge in [0.25, 0.3) is 0 Å². The van der Waals surface area contributed by atoms with Gasteiger partial charge in [-0.1, -0.05) is 0 Å². The van der Waals surface area contributed by atoms with E-state index in [2.05, 4.69) is 7.05 Å². The Bertz CT molecular complexity index is 614. The average molecular weight is 348 g/mol. The van der Waals surface area contributed by atoms with Crippen LogP contribution < -0.4 is 9.47 Å². The van der Waals surface area contributed by atoms with E-state index in [9.17, 15) is 4.79 Å². The number of hydrogen-bond donors (Lipinski definition) is 0. The maximum absolute atomic E-state index is 12.6. The number of ether oxygens (including phenoxy) is 3. The van der Waals surface area contributed by atoms with Crippen LogP contribution in [-0.4, -0.2) is 57.5 Å². The maximum Gasteiger partial charge on any atom is 0.341 e. The molecule has 0 aliphatic carbocycles. The molecule has 0 N–H and O–H groups in total. The Hall–Kier alpha value is -1.75. The van der Waals surface area contributed by atoms with Crippen molar-refractivity contribution in [3.05, 3.63) is 23.8 Å².